The van der Waals surface area contributed by atoms with Gasteiger partial charge in [0.05, 0.1) is 24.3 Å². The minimum atomic E-state index is -0.540. The fourth-order valence-electron chi connectivity index (χ4n) is 5.86. The molecule has 2 spiro atoms. The molecule has 4 aliphatic heterocycles. The largest absolute Gasteiger partial charge is 0.493 e. The van der Waals surface area contributed by atoms with Crippen molar-refractivity contribution in [2.75, 3.05) is 36.2 Å². The van der Waals surface area contributed by atoms with E-state index in [2.05, 4.69) is 10.6 Å². The van der Waals surface area contributed by atoms with Gasteiger partial charge in [0.2, 0.25) is 0 Å². The number of hydrogen-bond acceptors (Lipinski definition) is 12. The van der Waals surface area contributed by atoms with Crippen molar-refractivity contribution >= 4 is 57.4 Å². The first-order valence-corrected chi connectivity index (χ1v) is 18.0. The van der Waals surface area contributed by atoms with Gasteiger partial charge >= 0.3 is 12.2 Å². The van der Waals surface area contributed by atoms with Crippen LogP contribution in [0, 0.1) is 0 Å². The van der Waals surface area contributed by atoms with Crippen LogP contribution in [0.25, 0.3) is 0 Å². The van der Waals surface area contributed by atoms with Gasteiger partial charge < -0.3 is 30.4 Å². The van der Waals surface area contributed by atoms with Crippen molar-refractivity contribution in [3.8, 4) is 11.5 Å². The molecule has 4 aliphatic rings. The molecular weight excluding hydrogens is 653 g/mol. The first-order valence-electron chi connectivity index (χ1n) is 16.1. The van der Waals surface area contributed by atoms with Crippen LogP contribution in [-0.4, -0.2) is 58.4 Å². The molecule has 4 heterocycles. The van der Waals surface area contributed by atoms with Gasteiger partial charge in [0.25, 0.3) is 0 Å². The number of anilines is 2. The highest BCUT2D eigenvalue weighted by Crippen LogP contribution is 2.47. The SMILES string of the molecule is CC(C)(C)OC(=O)NC1=NC2(CCOc3ccc(N)cc32)CCS1.CC(C)(C)OC(=O)NC1=NC2(CCOc3ccc(N)cc32)CCS1. The van der Waals surface area contributed by atoms with Gasteiger partial charge in [0.1, 0.15) is 22.7 Å². The van der Waals surface area contributed by atoms with Crippen molar-refractivity contribution in [3.05, 3.63) is 47.5 Å². The smallest absolute Gasteiger partial charge is 0.413 e. The van der Waals surface area contributed by atoms with Crippen molar-refractivity contribution in [1.29, 1.82) is 0 Å². The van der Waals surface area contributed by atoms with E-state index in [1.165, 1.54) is 23.5 Å². The molecule has 0 bridgehead atoms. The number of amidine groups is 2. The van der Waals surface area contributed by atoms with Gasteiger partial charge in [0, 0.05) is 46.8 Å². The number of hydrogen-bond donors (Lipinski definition) is 4. The number of aliphatic imine (C=N–C) groups is 2. The lowest BCUT2D eigenvalue weighted by Gasteiger charge is -2.38. The number of amides is 2. The van der Waals surface area contributed by atoms with Gasteiger partial charge in [-0.05, 0) is 90.8 Å². The van der Waals surface area contributed by atoms with Crippen molar-refractivity contribution < 1.29 is 28.5 Å². The Balaban J connectivity index is 0.000000188. The Labute approximate surface area is 290 Å². The lowest BCUT2D eigenvalue weighted by atomic mass is 9.82. The Kier molecular flexibility index (Phi) is 10.4. The molecule has 2 aromatic carbocycles. The third kappa shape index (κ3) is 8.81. The predicted octanol–water partition coefficient (Wildman–Crippen LogP) is 6.53. The van der Waals surface area contributed by atoms with Crippen molar-refractivity contribution in [2.24, 2.45) is 9.98 Å². The monoisotopic (exact) mass is 698 g/mol. The summed E-state index contributed by atoms with van der Waals surface area (Å²) in [6.45, 7) is 12.2. The molecule has 0 aromatic heterocycles. The average Bonchev–Trinajstić information content (AvgIpc) is 2.97. The minimum absolute atomic E-state index is 0.390. The normalized spacial score (nSPS) is 23.0. The molecule has 48 heavy (non-hydrogen) atoms. The highest BCUT2D eigenvalue weighted by Gasteiger charge is 2.42. The van der Waals surface area contributed by atoms with Crippen LogP contribution in [0.4, 0.5) is 21.0 Å². The predicted molar refractivity (Wildman–Crippen MR) is 193 cm³/mol. The lowest BCUT2D eigenvalue weighted by Crippen LogP contribution is -2.41. The number of carbonyl (C=O) groups excluding carboxylic acids is 2. The number of ether oxygens (including phenoxy) is 4. The number of benzene rings is 2. The van der Waals surface area contributed by atoms with Crippen molar-refractivity contribution in [2.45, 2.75) is 89.5 Å². The van der Waals surface area contributed by atoms with E-state index in [1.54, 1.807) is 0 Å². The third-order valence-electron chi connectivity index (χ3n) is 7.91. The molecule has 2 atom stereocenters. The zero-order chi connectivity index (χ0) is 34.7. The summed E-state index contributed by atoms with van der Waals surface area (Å²) in [4.78, 5) is 33.8. The van der Waals surface area contributed by atoms with E-state index < -0.39 is 34.5 Å². The summed E-state index contributed by atoms with van der Waals surface area (Å²) in [5.41, 5.74) is 13.4. The Hall–Kier alpha value is -3.78. The summed E-state index contributed by atoms with van der Waals surface area (Å²) in [5, 5.41) is 6.72. The number of rotatable bonds is 0. The zero-order valence-corrected chi connectivity index (χ0v) is 30.1. The second kappa shape index (κ2) is 14.0. The number of nitrogens with one attached hydrogen (secondary N) is 2. The molecule has 0 radical (unpaired) electrons. The number of alkyl carbamates (subject to hydrolysis) is 2. The highest BCUT2D eigenvalue weighted by molar-refractivity contribution is 8.14. The zero-order valence-electron chi connectivity index (χ0n) is 28.4. The third-order valence-corrected chi connectivity index (χ3v) is 9.66. The van der Waals surface area contributed by atoms with Crippen LogP contribution in [0.2, 0.25) is 0 Å². The second-order valence-corrected chi connectivity index (χ2v) is 16.2. The van der Waals surface area contributed by atoms with Gasteiger partial charge in [-0.25, -0.2) is 9.59 Å². The van der Waals surface area contributed by atoms with Crippen LogP contribution in [0.5, 0.6) is 11.5 Å². The molecular formula is C34H46N6O6S2. The number of carbonyl (C=O) groups is 2. The van der Waals surface area contributed by atoms with E-state index in [-0.39, 0.29) is 0 Å². The minimum Gasteiger partial charge on any atom is -0.493 e. The lowest BCUT2D eigenvalue weighted by molar-refractivity contribution is 0.0552. The fraction of sp³-hybridized carbons (Fsp3) is 0.529. The van der Waals surface area contributed by atoms with E-state index in [1.807, 2.05) is 77.9 Å². The maximum atomic E-state index is 12.0. The molecule has 2 amide bonds. The summed E-state index contributed by atoms with van der Waals surface area (Å²) < 4.78 is 22.1. The summed E-state index contributed by atoms with van der Waals surface area (Å²) in [7, 11) is 0. The molecule has 6 rings (SSSR count). The van der Waals surface area contributed by atoms with Gasteiger partial charge in [-0.15, -0.1) is 0 Å². The highest BCUT2D eigenvalue weighted by atomic mass is 32.2. The molecule has 2 aromatic rings. The van der Waals surface area contributed by atoms with Crippen LogP contribution in [0.3, 0.4) is 0 Å². The molecule has 0 saturated carbocycles. The van der Waals surface area contributed by atoms with Crippen LogP contribution in [0.15, 0.2) is 46.4 Å². The van der Waals surface area contributed by atoms with E-state index in [4.69, 9.17) is 40.4 Å². The average molecular weight is 699 g/mol. The molecule has 0 fully saturated rings. The number of nitrogen functional groups attached to an aromatic ring is 2. The van der Waals surface area contributed by atoms with Crippen LogP contribution >= 0.6 is 23.5 Å². The van der Waals surface area contributed by atoms with E-state index >= 15 is 0 Å². The molecule has 12 nitrogen and oxygen atoms in total. The fourth-order valence-corrected chi connectivity index (χ4v) is 7.92. The molecule has 0 aliphatic carbocycles. The standard InChI is InChI=1S/2C17H23N3O3S/c2*1-16(2,3)23-15(21)19-14-20-17(7-9-24-14)6-8-22-13-5-4-11(18)10-12(13)17/h2*4-5,10H,6-9,18H2,1-3H3,(H,19,20,21). The number of nitrogens with zero attached hydrogens (tertiary/aromatic N) is 2. The molecule has 6 N–H and O–H groups in total. The van der Waals surface area contributed by atoms with Gasteiger partial charge in [-0.3, -0.25) is 20.6 Å². The van der Waals surface area contributed by atoms with Crippen LogP contribution in [-0.2, 0) is 20.6 Å². The number of thioether (sulfide) groups is 2. The molecule has 2 unspecified atom stereocenters. The topological polar surface area (TPSA) is 172 Å². The van der Waals surface area contributed by atoms with Gasteiger partial charge in [-0.1, -0.05) is 23.5 Å². The first kappa shape index (κ1) is 35.5. The van der Waals surface area contributed by atoms with Crippen LogP contribution in [0.1, 0.15) is 78.4 Å². The number of fused-ring (bicyclic) bond motifs is 4. The summed E-state index contributed by atoms with van der Waals surface area (Å²) in [5.74, 6) is 3.37. The summed E-state index contributed by atoms with van der Waals surface area (Å²) in [6, 6.07) is 11.3. The number of nitrogens with two attached hydrogens (primary N) is 2. The van der Waals surface area contributed by atoms with Gasteiger partial charge in [0.15, 0.2) is 10.3 Å². The van der Waals surface area contributed by atoms with E-state index in [0.29, 0.717) is 34.9 Å². The summed E-state index contributed by atoms with van der Waals surface area (Å²) >= 11 is 3.06. The quantitative estimate of drug-likeness (QED) is 0.222. The second-order valence-electron chi connectivity index (χ2n) is 14.1. The Morgan fingerprint density at radius 2 is 1.10 bits per heavy atom. The van der Waals surface area contributed by atoms with Gasteiger partial charge in [-0.2, -0.15) is 0 Å². The molecule has 14 heteroatoms. The van der Waals surface area contributed by atoms with Crippen LogP contribution < -0.4 is 31.6 Å². The van der Waals surface area contributed by atoms with Crippen molar-refractivity contribution in [3.63, 3.8) is 0 Å². The summed E-state index contributed by atoms with van der Waals surface area (Å²) in [6.07, 6.45) is 2.34. The Bertz CT molecular complexity index is 1490. The van der Waals surface area contributed by atoms with Crippen molar-refractivity contribution in [1.82, 2.24) is 10.6 Å². The maximum absolute atomic E-state index is 12.0. The Morgan fingerprint density at radius 3 is 1.48 bits per heavy atom. The Morgan fingerprint density at radius 1 is 0.708 bits per heavy atom. The first-order chi connectivity index (χ1) is 22.5. The van der Waals surface area contributed by atoms with E-state index in [0.717, 1.165) is 59.8 Å². The molecule has 260 valence electrons. The molecule has 0 saturated heterocycles. The van der Waals surface area contributed by atoms with E-state index in [9.17, 15) is 9.59 Å². The maximum Gasteiger partial charge on any atom is 0.413 e.